The van der Waals surface area contributed by atoms with E-state index < -0.39 is 0 Å². The van der Waals surface area contributed by atoms with Crippen molar-refractivity contribution in [3.05, 3.63) is 65.5 Å². The minimum Gasteiger partial charge on any atom is -0.325 e. The van der Waals surface area contributed by atoms with Gasteiger partial charge in [-0.25, -0.2) is 0 Å². The van der Waals surface area contributed by atoms with Gasteiger partial charge < -0.3 is 5.32 Å². The summed E-state index contributed by atoms with van der Waals surface area (Å²) in [6, 6.07) is 16.2. The van der Waals surface area contributed by atoms with Crippen LogP contribution in [-0.4, -0.2) is 44.4 Å². The number of likely N-dealkylation sites (tertiary alicyclic amines) is 1. The van der Waals surface area contributed by atoms with Crippen LogP contribution in [0.5, 0.6) is 0 Å². The molecule has 1 aliphatic heterocycles. The molecule has 162 valence electrons. The average molecular weight is 436 g/mol. The maximum Gasteiger partial charge on any atom is 0.234 e. The lowest BCUT2D eigenvalue weighted by atomic mass is 10.1. The fourth-order valence-electron chi connectivity index (χ4n) is 3.92. The van der Waals surface area contributed by atoms with E-state index in [0.29, 0.717) is 0 Å². The Balaban J connectivity index is 1.48. The minimum atomic E-state index is -0.0443. The van der Waals surface area contributed by atoms with Crippen molar-refractivity contribution in [3.8, 4) is 5.69 Å². The third-order valence-corrected chi connectivity index (χ3v) is 6.45. The summed E-state index contributed by atoms with van der Waals surface area (Å²) in [6.07, 6.45) is 3.78. The Morgan fingerprint density at radius 1 is 1.03 bits per heavy atom. The van der Waals surface area contributed by atoms with Gasteiger partial charge in [0.25, 0.3) is 0 Å². The van der Waals surface area contributed by atoms with Crippen LogP contribution in [0, 0.1) is 13.8 Å². The number of anilines is 1. The Morgan fingerprint density at radius 2 is 1.81 bits per heavy atom. The number of thioether (sulfide) groups is 1. The van der Waals surface area contributed by atoms with Crippen molar-refractivity contribution in [2.45, 2.75) is 44.8 Å². The number of hydrogen-bond acceptors (Lipinski definition) is 5. The van der Waals surface area contributed by atoms with E-state index in [9.17, 15) is 4.79 Å². The van der Waals surface area contributed by atoms with Crippen LogP contribution >= 0.6 is 11.8 Å². The highest BCUT2D eigenvalue weighted by atomic mass is 32.2. The van der Waals surface area contributed by atoms with Crippen molar-refractivity contribution in [2.24, 2.45) is 0 Å². The summed E-state index contributed by atoms with van der Waals surface area (Å²) in [5.74, 6) is 1.16. The van der Waals surface area contributed by atoms with Crippen molar-refractivity contribution in [1.82, 2.24) is 19.7 Å². The van der Waals surface area contributed by atoms with Crippen LogP contribution in [0.15, 0.2) is 53.7 Å². The van der Waals surface area contributed by atoms with Gasteiger partial charge in [-0.15, -0.1) is 10.2 Å². The number of carbonyl (C=O) groups excluding carboxylic acids is 1. The number of para-hydroxylation sites is 1. The maximum atomic E-state index is 12.6. The topological polar surface area (TPSA) is 63.1 Å². The minimum absolute atomic E-state index is 0.0443. The van der Waals surface area contributed by atoms with Crippen molar-refractivity contribution >= 4 is 23.4 Å². The average Bonchev–Trinajstić information content (AvgIpc) is 3.18. The van der Waals surface area contributed by atoms with Crippen LogP contribution in [0.4, 0.5) is 5.69 Å². The number of amides is 1. The Kier molecular flexibility index (Phi) is 7.04. The molecule has 0 spiro atoms. The van der Waals surface area contributed by atoms with Gasteiger partial charge >= 0.3 is 0 Å². The van der Waals surface area contributed by atoms with Gasteiger partial charge in [-0.3, -0.25) is 14.3 Å². The maximum absolute atomic E-state index is 12.6. The van der Waals surface area contributed by atoms with Gasteiger partial charge in [0.15, 0.2) is 11.0 Å². The highest BCUT2D eigenvalue weighted by molar-refractivity contribution is 7.99. The van der Waals surface area contributed by atoms with Crippen molar-refractivity contribution in [3.63, 3.8) is 0 Å². The summed E-state index contributed by atoms with van der Waals surface area (Å²) in [4.78, 5) is 15.0. The predicted molar refractivity (Wildman–Crippen MR) is 126 cm³/mol. The van der Waals surface area contributed by atoms with E-state index in [1.807, 2.05) is 44.2 Å². The van der Waals surface area contributed by atoms with Crippen LogP contribution in [-0.2, 0) is 11.3 Å². The predicted octanol–water partition coefficient (Wildman–Crippen LogP) is 4.60. The fraction of sp³-hybridized carbons (Fsp3) is 0.375. The first kappa shape index (κ1) is 21.6. The number of benzene rings is 2. The summed E-state index contributed by atoms with van der Waals surface area (Å²) in [6.45, 7) is 7.03. The van der Waals surface area contributed by atoms with Gasteiger partial charge in [0.1, 0.15) is 0 Å². The molecular weight excluding hydrogens is 406 g/mol. The largest absolute Gasteiger partial charge is 0.325 e. The Morgan fingerprint density at radius 3 is 2.55 bits per heavy atom. The molecule has 0 bridgehead atoms. The van der Waals surface area contributed by atoms with Crippen molar-refractivity contribution < 1.29 is 4.79 Å². The summed E-state index contributed by atoms with van der Waals surface area (Å²) >= 11 is 1.42. The summed E-state index contributed by atoms with van der Waals surface area (Å²) in [7, 11) is 0. The molecule has 1 N–H and O–H groups in total. The molecule has 0 radical (unpaired) electrons. The molecule has 0 saturated carbocycles. The SMILES string of the molecule is Cc1ccc(NC(=O)CSc2nnc(CN3CCCCC3)n2-c2ccccc2)c(C)c1. The third kappa shape index (κ3) is 5.54. The smallest absolute Gasteiger partial charge is 0.234 e. The Bertz CT molecular complexity index is 1030. The van der Waals surface area contributed by atoms with E-state index >= 15 is 0 Å². The molecule has 1 fully saturated rings. The number of carbonyl (C=O) groups is 1. The molecule has 2 heterocycles. The Hall–Kier alpha value is -2.64. The van der Waals surface area contributed by atoms with Crippen LogP contribution in [0.25, 0.3) is 5.69 Å². The molecule has 31 heavy (non-hydrogen) atoms. The molecule has 1 saturated heterocycles. The lowest BCUT2D eigenvalue weighted by Gasteiger charge is -2.26. The first-order chi connectivity index (χ1) is 15.1. The molecule has 2 aromatic carbocycles. The van der Waals surface area contributed by atoms with Crippen molar-refractivity contribution in [1.29, 1.82) is 0 Å². The van der Waals surface area contributed by atoms with Gasteiger partial charge in [-0.1, -0.05) is 54.1 Å². The molecule has 7 heteroatoms. The van der Waals surface area contributed by atoms with E-state index in [-0.39, 0.29) is 11.7 Å². The number of hydrogen-bond donors (Lipinski definition) is 1. The van der Waals surface area contributed by atoms with E-state index in [1.54, 1.807) is 0 Å². The van der Waals surface area contributed by atoms with Gasteiger partial charge in [-0.05, 0) is 63.5 Å². The summed E-state index contributed by atoms with van der Waals surface area (Å²) < 4.78 is 2.09. The monoisotopic (exact) mass is 435 g/mol. The number of aryl methyl sites for hydroxylation is 2. The standard InChI is InChI=1S/C24H29N5OS/c1-18-11-12-21(19(2)15-18)25-23(30)17-31-24-27-26-22(16-28-13-7-4-8-14-28)29(24)20-9-5-3-6-10-20/h3,5-6,9-12,15H,4,7-8,13-14,16-17H2,1-2H3,(H,25,30). The summed E-state index contributed by atoms with van der Waals surface area (Å²) in [5, 5.41) is 12.7. The fourth-order valence-corrected chi connectivity index (χ4v) is 4.69. The van der Waals surface area contributed by atoms with E-state index in [4.69, 9.17) is 0 Å². The highest BCUT2D eigenvalue weighted by Gasteiger charge is 2.19. The quantitative estimate of drug-likeness (QED) is 0.550. The first-order valence-corrected chi connectivity index (χ1v) is 11.8. The number of nitrogens with one attached hydrogen (secondary N) is 1. The molecule has 4 rings (SSSR count). The van der Waals surface area contributed by atoms with E-state index in [0.717, 1.165) is 47.6 Å². The first-order valence-electron chi connectivity index (χ1n) is 10.8. The molecule has 1 aromatic heterocycles. The second kappa shape index (κ2) is 10.1. The molecule has 3 aromatic rings. The van der Waals surface area contributed by atoms with Gasteiger partial charge in [0, 0.05) is 11.4 Å². The lowest BCUT2D eigenvalue weighted by molar-refractivity contribution is -0.113. The molecule has 0 unspecified atom stereocenters. The van der Waals surface area contributed by atoms with Crippen LogP contribution in [0.2, 0.25) is 0 Å². The molecular formula is C24H29N5OS. The number of rotatable bonds is 7. The third-order valence-electron chi connectivity index (χ3n) is 5.52. The number of piperidine rings is 1. The van der Waals surface area contributed by atoms with Crippen molar-refractivity contribution in [2.75, 3.05) is 24.2 Å². The van der Waals surface area contributed by atoms with E-state index in [1.165, 1.54) is 36.6 Å². The van der Waals surface area contributed by atoms with Gasteiger partial charge in [0.05, 0.1) is 12.3 Å². The zero-order valence-electron chi connectivity index (χ0n) is 18.2. The zero-order chi connectivity index (χ0) is 21.6. The van der Waals surface area contributed by atoms with Gasteiger partial charge in [0.2, 0.25) is 5.91 Å². The lowest BCUT2D eigenvalue weighted by Crippen LogP contribution is -2.30. The summed E-state index contributed by atoms with van der Waals surface area (Å²) in [5.41, 5.74) is 4.13. The Labute approximate surface area is 188 Å². The molecule has 0 aliphatic carbocycles. The molecule has 6 nitrogen and oxygen atoms in total. The highest BCUT2D eigenvalue weighted by Crippen LogP contribution is 2.24. The second-order valence-electron chi connectivity index (χ2n) is 8.06. The normalized spacial score (nSPS) is 14.5. The molecule has 1 amide bonds. The molecule has 1 aliphatic rings. The van der Waals surface area contributed by atoms with Crippen LogP contribution in [0.1, 0.15) is 36.2 Å². The number of aromatic nitrogens is 3. The van der Waals surface area contributed by atoms with Gasteiger partial charge in [-0.2, -0.15) is 0 Å². The molecule has 0 atom stereocenters. The number of nitrogens with zero attached hydrogens (tertiary/aromatic N) is 4. The second-order valence-corrected chi connectivity index (χ2v) is 9.00. The van der Waals surface area contributed by atoms with E-state index in [2.05, 4.69) is 43.2 Å². The van der Waals surface area contributed by atoms with Crippen LogP contribution < -0.4 is 5.32 Å². The van der Waals surface area contributed by atoms with Crippen LogP contribution in [0.3, 0.4) is 0 Å². The zero-order valence-corrected chi connectivity index (χ0v) is 19.0.